The van der Waals surface area contributed by atoms with Gasteiger partial charge in [0, 0.05) is 71.4 Å². The number of aromatic nitrogens is 1. The highest BCUT2D eigenvalue weighted by atomic mass is 35.5. The van der Waals surface area contributed by atoms with Crippen molar-refractivity contribution in [3.8, 4) is 11.5 Å². The maximum atomic E-state index is 6.23. The summed E-state index contributed by atoms with van der Waals surface area (Å²) in [6.45, 7) is 6.82. The topological polar surface area (TPSA) is 49.9 Å². The molecule has 0 unspecified atom stereocenters. The van der Waals surface area contributed by atoms with Crippen LogP contribution in [-0.4, -0.2) is 38.0 Å². The van der Waals surface area contributed by atoms with Gasteiger partial charge in [-0.1, -0.05) is 23.7 Å². The van der Waals surface area contributed by atoms with E-state index in [2.05, 4.69) is 51.7 Å². The van der Waals surface area contributed by atoms with Crippen LogP contribution in [0.15, 0.2) is 60.0 Å². The molecule has 180 valence electrons. The van der Waals surface area contributed by atoms with Gasteiger partial charge >= 0.3 is 0 Å². The van der Waals surface area contributed by atoms with Crippen LogP contribution < -0.4 is 24.6 Å². The molecule has 0 saturated carbocycles. The van der Waals surface area contributed by atoms with Crippen LogP contribution in [-0.2, 0) is 6.54 Å². The van der Waals surface area contributed by atoms with Gasteiger partial charge in [0.1, 0.15) is 5.82 Å². The van der Waals surface area contributed by atoms with Gasteiger partial charge < -0.3 is 24.6 Å². The van der Waals surface area contributed by atoms with E-state index in [0.717, 1.165) is 66.0 Å². The Morgan fingerprint density at radius 2 is 1.80 bits per heavy atom. The highest BCUT2D eigenvalue weighted by Gasteiger charge is 2.23. The lowest BCUT2D eigenvalue weighted by molar-refractivity contribution is 0.174. The molecule has 2 aromatic heterocycles. The maximum Gasteiger partial charge on any atom is 0.231 e. The minimum absolute atomic E-state index is 0.261. The second kappa shape index (κ2) is 9.57. The Hall–Kier alpha value is -3.00. The Kier molecular flexibility index (Phi) is 6.14. The largest absolute Gasteiger partial charge is 0.454 e. The van der Waals surface area contributed by atoms with E-state index in [1.165, 1.54) is 16.1 Å². The Labute approximate surface area is 214 Å². The fourth-order valence-corrected chi connectivity index (χ4v) is 5.70. The zero-order valence-electron chi connectivity index (χ0n) is 19.5. The van der Waals surface area contributed by atoms with Crippen LogP contribution in [0.1, 0.15) is 23.4 Å². The lowest BCUT2D eigenvalue weighted by atomic mass is 10.1. The molecule has 1 N–H and O–H groups in total. The van der Waals surface area contributed by atoms with Crippen LogP contribution in [0.25, 0.3) is 10.9 Å². The molecule has 0 spiro atoms. The van der Waals surface area contributed by atoms with Crippen LogP contribution in [0, 0.1) is 0 Å². The summed E-state index contributed by atoms with van der Waals surface area (Å²) in [5.41, 5.74) is 3.29. The van der Waals surface area contributed by atoms with E-state index in [1.54, 1.807) is 11.3 Å². The van der Waals surface area contributed by atoms with E-state index in [0.29, 0.717) is 0 Å². The number of piperazine rings is 1. The van der Waals surface area contributed by atoms with E-state index in [9.17, 15) is 0 Å². The summed E-state index contributed by atoms with van der Waals surface area (Å²) in [6.07, 6.45) is 0. The average molecular weight is 507 g/mol. The molecular formula is C27H27ClN4O2S. The summed E-state index contributed by atoms with van der Waals surface area (Å²) >= 11 is 8.01. The molecule has 35 heavy (non-hydrogen) atoms. The van der Waals surface area contributed by atoms with E-state index < -0.39 is 0 Å². The summed E-state index contributed by atoms with van der Waals surface area (Å²) in [6, 6.07) is 18.9. The van der Waals surface area contributed by atoms with Gasteiger partial charge in [-0.3, -0.25) is 0 Å². The predicted octanol–water partition coefficient (Wildman–Crippen LogP) is 5.86. The van der Waals surface area contributed by atoms with Gasteiger partial charge in [-0.15, -0.1) is 11.3 Å². The molecule has 1 saturated heterocycles. The normalized spacial score (nSPS) is 16.2. The number of anilines is 2. The average Bonchev–Trinajstić information content (AvgIpc) is 3.58. The SMILES string of the molecule is C[C@H](NCc1cc2cc3c(cc2nc1N1CCN(c2cccc(Cl)c2)CC1)OCO3)c1cccs1. The van der Waals surface area contributed by atoms with Crippen molar-refractivity contribution in [2.45, 2.75) is 19.5 Å². The highest BCUT2D eigenvalue weighted by molar-refractivity contribution is 7.10. The van der Waals surface area contributed by atoms with E-state index in [4.69, 9.17) is 26.1 Å². The van der Waals surface area contributed by atoms with Crippen LogP contribution in [0.5, 0.6) is 11.5 Å². The summed E-state index contributed by atoms with van der Waals surface area (Å²) in [5.74, 6) is 2.58. The molecule has 1 atom stereocenters. The van der Waals surface area contributed by atoms with Gasteiger partial charge in [0.15, 0.2) is 11.5 Å². The number of halogens is 1. The summed E-state index contributed by atoms with van der Waals surface area (Å²) in [4.78, 5) is 11.3. The number of hydrogen-bond acceptors (Lipinski definition) is 7. The number of benzene rings is 2. The van der Waals surface area contributed by atoms with Gasteiger partial charge in [-0.2, -0.15) is 0 Å². The second-order valence-corrected chi connectivity index (χ2v) is 10.4. The van der Waals surface area contributed by atoms with Crippen LogP contribution in [0.3, 0.4) is 0 Å². The standard InChI is InChI=1S/C27H27ClN4O2S/c1-18(26-6-3-11-35-26)29-16-20-12-19-13-24-25(34-17-33-24)15-23(19)30-27(20)32-9-7-31(8-10-32)22-5-2-4-21(28)14-22/h2-6,11-15,18,29H,7-10,16-17H2,1H3/t18-/m0/s1. The van der Waals surface area contributed by atoms with Crippen molar-refractivity contribution in [3.05, 3.63) is 75.4 Å². The zero-order chi connectivity index (χ0) is 23.8. The van der Waals surface area contributed by atoms with Crippen molar-refractivity contribution >= 4 is 45.3 Å². The molecule has 8 heteroatoms. The van der Waals surface area contributed by atoms with E-state index in [1.807, 2.05) is 30.3 Å². The van der Waals surface area contributed by atoms with Gasteiger partial charge in [-0.05, 0) is 48.7 Å². The van der Waals surface area contributed by atoms with Crippen molar-refractivity contribution < 1.29 is 9.47 Å². The number of fused-ring (bicyclic) bond motifs is 2. The van der Waals surface area contributed by atoms with Gasteiger partial charge in [0.05, 0.1) is 5.52 Å². The fourth-order valence-electron chi connectivity index (χ4n) is 4.75. The Balaban J connectivity index is 1.28. The molecule has 2 aliphatic rings. The minimum atomic E-state index is 0.261. The van der Waals surface area contributed by atoms with E-state index >= 15 is 0 Å². The highest BCUT2D eigenvalue weighted by Crippen LogP contribution is 2.37. The fraction of sp³-hybridized carbons (Fsp3) is 0.296. The zero-order valence-corrected chi connectivity index (χ0v) is 21.1. The second-order valence-electron chi connectivity index (χ2n) is 8.94. The number of hydrogen-bond donors (Lipinski definition) is 1. The number of rotatable bonds is 6. The monoisotopic (exact) mass is 506 g/mol. The number of thiophene rings is 1. The molecule has 6 nitrogen and oxygen atoms in total. The Morgan fingerprint density at radius 1 is 1.00 bits per heavy atom. The third-order valence-corrected chi connectivity index (χ3v) is 7.98. The molecule has 2 aromatic carbocycles. The van der Waals surface area contributed by atoms with Crippen molar-refractivity contribution in [1.82, 2.24) is 10.3 Å². The first-order chi connectivity index (χ1) is 17.1. The maximum absolute atomic E-state index is 6.23. The van der Waals surface area contributed by atoms with Crippen molar-refractivity contribution in [2.24, 2.45) is 0 Å². The molecule has 0 radical (unpaired) electrons. The Bertz CT molecular complexity index is 1340. The number of nitrogens with one attached hydrogen (secondary N) is 1. The Morgan fingerprint density at radius 3 is 2.57 bits per heavy atom. The van der Waals surface area contributed by atoms with Crippen LogP contribution in [0.4, 0.5) is 11.5 Å². The van der Waals surface area contributed by atoms with Crippen LogP contribution in [0.2, 0.25) is 5.02 Å². The lowest BCUT2D eigenvalue weighted by Crippen LogP contribution is -2.47. The summed E-state index contributed by atoms with van der Waals surface area (Å²) in [5, 5.41) is 7.66. The summed E-state index contributed by atoms with van der Waals surface area (Å²) in [7, 11) is 0. The smallest absolute Gasteiger partial charge is 0.231 e. The van der Waals surface area contributed by atoms with Crippen molar-refractivity contribution in [3.63, 3.8) is 0 Å². The van der Waals surface area contributed by atoms with Crippen molar-refractivity contribution in [1.29, 1.82) is 0 Å². The molecule has 1 fully saturated rings. The van der Waals surface area contributed by atoms with E-state index in [-0.39, 0.29) is 12.8 Å². The number of ether oxygens (including phenoxy) is 2. The quantitative estimate of drug-likeness (QED) is 0.353. The van der Waals surface area contributed by atoms with Crippen molar-refractivity contribution in [2.75, 3.05) is 42.8 Å². The first kappa shape index (κ1) is 22.5. The molecule has 0 aliphatic carbocycles. The molecular weight excluding hydrogens is 480 g/mol. The molecule has 0 amide bonds. The molecule has 2 aliphatic heterocycles. The molecule has 4 aromatic rings. The number of pyridine rings is 1. The van der Waals surface area contributed by atoms with Gasteiger partial charge in [0.2, 0.25) is 6.79 Å². The predicted molar refractivity (Wildman–Crippen MR) is 143 cm³/mol. The van der Waals surface area contributed by atoms with Crippen LogP contribution >= 0.6 is 22.9 Å². The third kappa shape index (κ3) is 4.63. The molecule has 4 heterocycles. The first-order valence-electron chi connectivity index (χ1n) is 11.9. The summed E-state index contributed by atoms with van der Waals surface area (Å²) < 4.78 is 11.2. The van der Waals surface area contributed by atoms with Gasteiger partial charge in [0.25, 0.3) is 0 Å². The minimum Gasteiger partial charge on any atom is -0.454 e. The van der Waals surface area contributed by atoms with Gasteiger partial charge in [-0.25, -0.2) is 4.98 Å². The number of nitrogens with zero attached hydrogens (tertiary/aromatic N) is 3. The molecule has 0 bridgehead atoms. The first-order valence-corrected chi connectivity index (χ1v) is 13.2. The third-order valence-electron chi connectivity index (χ3n) is 6.69. The lowest BCUT2D eigenvalue weighted by Gasteiger charge is -2.37. The molecule has 6 rings (SSSR count).